The molecule has 0 spiro atoms. The van der Waals surface area contributed by atoms with E-state index in [1.165, 1.54) is 26.1 Å². The highest BCUT2D eigenvalue weighted by Gasteiger charge is 2.33. The summed E-state index contributed by atoms with van der Waals surface area (Å²) in [7, 11) is 1.36. The average molecular weight is 383 g/mol. The molecule has 0 radical (unpaired) electrons. The molecule has 122 valence electrons. The maximum absolute atomic E-state index is 12.8. The molecule has 0 aliphatic heterocycles. The van der Waals surface area contributed by atoms with Crippen LogP contribution in [0, 0.1) is 5.92 Å². The minimum absolute atomic E-state index is 0.0321. The first kappa shape index (κ1) is 18.3. The van der Waals surface area contributed by atoms with Gasteiger partial charge < -0.3 is 15.3 Å². The Hall–Kier alpha value is -1.77. The molecule has 0 saturated heterocycles. The fraction of sp³-hybridized carbons (Fsp3) is 0.385. The molecule has 1 rings (SSSR count). The van der Waals surface area contributed by atoms with Crippen molar-refractivity contribution in [3.8, 4) is 0 Å². The highest BCUT2D eigenvalue weighted by Crippen LogP contribution is 2.36. The molecule has 0 aliphatic rings. The fourth-order valence-electron chi connectivity index (χ4n) is 1.61. The third-order valence-corrected chi connectivity index (χ3v) is 3.53. The van der Waals surface area contributed by atoms with Crippen molar-refractivity contribution < 1.29 is 27.9 Å². The molecular formula is C13H14BrF3N2O3. The number of nitrogens with zero attached hydrogens (tertiary/aromatic N) is 1. The van der Waals surface area contributed by atoms with Crippen LogP contribution in [0.4, 0.5) is 23.7 Å². The van der Waals surface area contributed by atoms with Crippen LogP contribution in [-0.2, 0) is 11.0 Å². The van der Waals surface area contributed by atoms with Gasteiger partial charge in [0, 0.05) is 23.8 Å². The quantitative estimate of drug-likeness (QED) is 0.834. The first-order valence-corrected chi connectivity index (χ1v) is 6.93. The van der Waals surface area contributed by atoms with Crippen molar-refractivity contribution in [3.63, 3.8) is 0 Å². The van der Waals surface area contributed by atoms with Gasteiger partial charge >= 0.3 is 18.2 Å². The number of rotatable bonds is 4. The largest absolute Gasteiger partial charge is 0.481 e. The number of urea groups is 1. The third-order valence-electron chi connectivity index (χ3n) is 2.84. The number of carbonyl (C=O) groups excluding carboxylic acids is 1. The van der Waals surface area contributed by atoms with Crippen LogP contribution in [-0.4, -0.2) is 35.6 Å². The Morgan fingerprint density at radius 3 is 2.50 bits per heavy atom. The molecule has 1 atom stereocenters. The van der Waals surface area contributed by atoms with Gasteiger partial charge in [-0.25, -0.2) is 4.79 Å². The minimum Gasteiger partial charge on any atom is -0.481 e. The summed E-state index contributed by atoms with van der Waals surface area (Å²) in [6.45, 7) is 1.36. The summed E-state index contributed by atoms with van der Waals surface area (Å²) in [6, 6.07) is 2.60. The second-order valence-corrected chi connectivity index (χ2v) is 5.60. The molecule has 9 heteroatoms. The van der Waals surface area contributed by atoms with Crippen molar-refractivity contribution in [1.29, 1.82) is 0 Å². The van der Waals surface area contributed by atoms with E-state index in [0.717, 1.165) is 11.0 Å². The van der Waals surface area contributed by atoms with Crippen LogP contribution >= 0.6 is 15.9 Å². The third kappa shape index (κ3) is 4.90. The summed E-state index contributed by atoms with van der Waals surface area (Å²) in [5.74, 6) is -1.85. The monoisotopic (exact) mass is 382 g/mol. The first-order valence-electron chi connectivity index (χ1n) is 6.14. The number of halogens is 4. The molecule has 0 fully saturated rings. The van der Waals surface area contributed by atoms with Crippen LogP contribution in [0.15, 0.2) is 22.7 Å². The summed E-state index contributed by atoms with van der Waals surface area (Å²) < 4.78 is 38.2. The lowest BCUT2D eigenvalue weighted by molar-refractivity contribution is -0.141. The van der Waals surface area contributed by atoms with E-state index in [1.54, 1.807) is 0 Å². The number of amides is 2. The van der Waals surface area contributed by atoms with Crippen LogP contribution in [0.2, 0.25) is 0 Å². The lowest BCUT2D eigenvalue weighted by Gasteiger charge is -2.20. The normalized spacial score (nSPS) is 12.6. The molecule has 1 aromatic rings. The fourth-order valence-corrected chi connectivity index (χ4v) is 2.08. The molecule has 2 amide bonds. The molecule has 0 heterocycles. The number of hydrogen-bond donors (Lipinski definition) is 2. The van der Waals surface area contributed by atoms with Crippen molar-refractivity contribution in [3.05, 3.63) is 28.2 Å². The number of hydrogen-bond acceptors (Lipinski definition) is 2. The topological polar surface area (TPSA) is 69.6 Å². The molecule has 0 aliphatic carbocycles. The van der Waals surface area contributed by atoms with Crippen molar-refractivity contribution in [1.82, 2.24) is 4.90 Å². The number of carbonyl (C=O) groups is 2. The van der Waals surface area contributed by atoms with E-state index in [-0.39, 0.29) is 16.7 Å². The number of carboxylic acid groups (broad SMARTS) is 1. The minimum atomic E-state index is -4.55. The van der Waals surface area contributed by atoms with E-state index < -0.39 is 29.7 Å². The van der Waals surface area contributed by atoms with Crippen molar-refractivity contribution in [2.24, 2.45) is 5.92 Å². The van der Waals surface area contributed by atoms with Crippen molar-refractivity contribution >= 4 is 33.6 Å². The number of benzene rings is 1. The van der Waals surface area contributed by atoms with Crippen molar-refractivity contribution in [2.45, 2.75) is 13.1 Å². The van der Waals surface area contributed by atoms with Gasteiger partial charge in [-0.1, -0.05) is 22.9 Å². The van der Waals surface area contributed by atoms with Gasteiger partial charge in [0.05, 0.1) is 11.5 Å². The molecule has 1 aromatic carbocycles. The molecule has 2 N–H and O–H groups in total. The molecule has 0 saturated carbocycles. The summed E-state index contributed by atoms with van der Waals surface area (Å²) in [6.07, 6.45) is -4.55. The Labute approximate surface area is 133 Å². The van der Waals surface area contributed by atoms with Gasteiger partial charge in [0.15, 0.2) is 0 Å². The van der Waals surface area contributed by atoms with Crippen LogP contribution in [0.25, 0.3) is 0 Å². The molecule has 0 aromatic heterocycles. The average Bonchev–Trinajstić information content (AvgIpc) is 2.39. The predicted molar refractivity (Wildman–Crippen MR) is 77.6 cm³/mol. The van der Waals surface area contributed by atoms with Crippen LogP contribution in [0.1, 0.15) is 12.5 Å². The maximum Gasteiger partial charge on any atom is 0.417 e. The molecule has 5 nitrogen and oxygen atoms in total. The van der Waals surface area contributed by atoms with Gasteiger partial charge in [-0.3, -0.25) is 4.79 Å². The van der Waals surface area contributed by atoms with E-state index in [9.17, 15) is 22.8 Å². The van der Waals surface area contributed by atoms with Crippen LogP contribution < -0.4 is 5.32 Å². The van der Waals surface area contributed by atoms with Crippen molar-refractivity contribution in [2.75, 3.05) is 18.9 Å². The highest BCUT2D eigenvalue weighted by atomic mass is 79.9. The summed E-state index contributed by atoms with van der Waals surface area (Å²) in [5, 5.41) is 11.1. The number of carboxylic acids is 1. The number of alkyl halides is 3. The zero-order valence-electron chi connectivity index (χ0n) is 11.7. The molecular weight excluding hydrogens is 369 g/mol. The van der Waals surface area contributed by atoms with Gasteiger partial charge in [0.2, 0.25) is 0 Å². The first-order chi connectivity index (χ1) is 10.0. The van der Waals surface area contributed by atoms with Gasteiger partial charge in [-0.05, 0) is 18.2 Å². The molecule has 22 heavy (non-hydrogen) atoms. The summed E-state index contributed by atoms with van der Waals surface area (Å²) >= 11 is 2.80. The molecule has 1 unspecified atom stereocenters. The van der Waals surface area contributed by atoms with E-state index in [1.807, 2.05) is 0 Å². The second-order valence-electron chi connectivity index (χ2n) is 4.74. The number of nitrogens with one attached hydrogen (secondary N) is 1. The molecule has 0 bridgehead atoms. The SMILES string of the molecule is CC(CN(C)C(=O)Nc1ccc(Br)c(C(F)(F)F)c1)C(=O)O. The number of aliphatic carboxylic acids is 1. The summed E-state index contributed by atoms with van der Waals surface area (Å²) in [5.41, 5.74) is -0.942. The Morgan fingerprint density at radius 1 is 1.41 bits per heavy atom. The highest BCUT2D eigenvalue weighted by molar-refractivity contribution is 9.10. The second kappa shape index (κ2) is 6.99. The maximum atomic E-state index is 12.8. The Kier molecular flexibility index (Phi) is 5.81. The Morgan fingerprint density at radius 2 is 2.00 bits per heavy atom. The van der Waals surface area contributed by atoms with Gasteiger partial charge in [0.1, 0.15) is 0 Å². The van der Waals surface area contributed by atoms with Gasteiger partial charge in [-0.2, -0.15) is 13.2 Å². The number of anilines is 1. The zero-order valence-corrected chi connectivity index (χ0v) is 13.3. The zero-order chi connectivity index (χ0) is 17.1. The Bertz CT molecular complexity index is 578. The van der Waals surface area contributed by atoms with E-state index in [0.29, 0.717) is 0 Å². The standard InChI is InChI=1S/C13H14BrF3N2O3/c1-7(11(20)21)6-19(2)12(22)18-8-3-4-10(14)9(5-8)13(15,16)17/h3-5,7H,6H2,1-2H3,(H,18,22)(H,20,21). The lowest BCUT2D eigenvalue weighted by Crippen LogP contribution is -2.36. The smallest absolute Gasteiger partial charge is 0.417 e. The Balaban J connectivity index is 2.83. The predicted octanol–water partition coefficient (Wildman–Crippen LogP) is 3.65. The van der Waals surface area contributed by atoms with E-state index >= 15 is 0 Å². The summed E-state index contributed by atoms with van der Waals surface area (Å²) in [4.78, 5) is 23.7. The van der Waals surface area contributed by atoms with Crippen LogP contribution in [0.3, 0.4) is 0 Å². The van der Waals surface area contributed by atoms with E-state index in [4.69, 9.17) is 5.11 Å². The lowest BCUT2D eigenvalue weighted by atomic mass is 10.2. The van der Waals surface area contributed by atoms with Crippen LogP contribution in [0.5, 0.6) is 0 Å². The van der Waals surface area contributed by atoms with Gasteiger partial charge in [-0.15, -0.1) is 0 Å². The van der Waals surface area contributed by atoms with Gasteiger partial charge in [0.25, 0.3) is 0 Å². The van der Waals surface area contributed by atoms with E-state index in [2.05, 4.69) is 21.2 Å².